The van der Waals surface area contributed by atoms with Crippen molar-refractivity contribution in [1.29, 1.82) is 0 Å². The van der Waals surface area contributed by atoms with Gasteiger partial charge in [-0.15, -0.1) is 0 Å². The Balaban J connectivity index is 2.06. The molecule has 3 rings (SSSR count). The highest BCUT2D eigenvalue weighted by atomic mass is 35.5. The van der Waals surface area contributed by atoms with E-state index in [2.05, 4.69) is 4.99 Å². The first-order valence-corrected chi connectivity index (χ1v) is 9.14. The molecule has 2 heterocycles. The Bertz CT molecular complexity index is 933. The zero-order valence-electron chi connectivity index (χ0n) is 13.5. The summed E-state index contributed by atoms with van der Waals surface area (Å²) >= 11 is 13.2. The maximum absolute atomic E-state index is 12.3. The lowest BCUT2D eigenvalue weighted by Gasteiger charge is -2.05. The molecule has 1 aromatic heterocycles. The molecule has 0 amide bonds. The molecule has 26 heavy (non-hydrogen) atoms. The SMILES string of the molecule is CCOC(=O)C1=C(O)/C(=C/c2ccco2)SC1=Nc1ccc(Cl)cc1Cl. The predicted octanol–water partition coefficient (Wildman–Crippen LogP) is 5.78. The van der Waals surface area contributed by atoms with E-state index in [4.69, 9.17) is 32.4 Å². The molecule has 0 atom stereocenters. The third-order valence-corrected chi connectivity index (χ3v) is 4.88. The number of hydrogen-bond acceptors (Lipinski definition) is 6. The van der Waals surface area contributed by atoms with E-state index in [1.165, 1.54) is 6.26 Å². The van der Waals surface area contributed by atoms with Crippen LogP contribution in [0.25, 0.3) is 6.08 Å². The van der Waals surface area contributed by atoms with Crippen LogP contribution in [0.3, 0.4) is 0 Å². The first kappa shape index (κ1) is 18.6. The molecule has 2 aromatic rings. The minimum absolute atomic E-state index is 0.0133. The molecule has 0 saturated heterocycles. The molecule has 0 aliphatic carbocycles. The van der Waals surface area contributed by atoms with E-state index in [-0.39, 0.29) is 23.0 Å². The van der Waals surface area contributed by atoms with Crippen molar-refractivity contribution in [1.82, 2.24) is 0 Å². The average molecular weight is 410 g/mol. The molecule has 1 N–H and O–H groups in total. The number of carbonyl (C=O) groups is 1. The molecule has 1 aliphatic heterocycles. The Morgan fingerprint density at radius 2 is 2.19 bits per heavy atom. The Morgan fingerprint density at radius 3 is 2.85 bits per heavy atom. The maximum atomic E-state index is 12.3. The number of rotatable bonds is 4. The number of thioether (sulfide) groups is 1. The van der Waals surface area contributed by atoms with E-state index in [0.29, 0.717) is 26.4 Å². The van der Waals surface area contributed by atoms with Crippen LogP contribution < -0.4 is 0 Å². The van der Waals surface area contributed by atoms with Crippen LogP contribution in [0.4, 0.5) is 5.69 Å². The highest BCUT2D eigenvalue weighted by molar-refractivity contribution is 8.18. The summed E-state index contributed by atoms with van der Waals surface area (Å²) in [6.45, 7) is 1.86. The van der Waals surface area contributed by atoms with Crippen LogP contribution >= 0.6 is 35.0 Å². The summed E-state index contributed by atoms with van der Waals surface area (Å²) in [5.74, 6) is -0.342. The van der Waals surface area contributed by atoms with Crippen molar-refractivity contribution >= 4 is 57.7 Å². The zero-order chi connectivity index (χ0) is 18.7. The van der Waals surface area contributed by atoms with Gasteiger partial charge in [0.25, 0.3) is 0 Å². The number of aliphatic hydroxyl groups excluding tert-OH is 1. The number of ether oxygens (including phenoxy) is 1. The Hall–Kier alpha value is -2.15. The fraction of sp³-hybridized carbons (Fsp3) is 0.111. The van der Waals surface area contributed by atoms with Crippen LogP contribution in [-0.2, 0) is 9.53 Å². The Labute approximate surface area is 164 Å². The van der Waals surface area contributed by atoms with E-state index >= 15 is 0 Å². The second kappa shape index (κ2) is 8.03. The molecule has 0 saturated carbocycles. The van der Waals surface area contributed by atoms with Gasteiger partial charge in [0.2, 0.25) is 0 Å². The van der Waals surface area contributed by atoms with Crippen LogP contribution in [0.1, 0.15) is 12.7 Å². The van der Waals surface area contributed by atoms with E-state index in [0.717, 1.165) is 11.8 Å². The predicted molar refractivity (Wildman–Crippen MR) is 104 cm³/mol. The molecule has 1 aliphatic rings. The largest absolute Gasteiger partial charge is 0.506 e. The molecule has 5 nitrogen and oxygen atoms in total. The van der Waals surface area contributed by atoms with Crippen LogP contribution in [0.15, 0.2) is 62.2 Å². The second-order valence-corrected chi connectivity index (χ2v) is 6.96. The molecule has 134 valence electrons. The monoisotopic (exact) mass is 409 g/mol. The lowest BCUT2D eigenvalue weighted by Crippen LogP contribution is -2.12. The summed E-state index contributed by atoms with van der Waals surface area (Å²) in [6, 6.07) is 8.28. The van der Waals surface area contributed by atoms with Gasteiger partial charge in [-0.05, 0) is 43.3 Å². The molecular formula is C18H13Cl2NO4S. The van der Waals surface area contributed by atoms with E-state index < -0.39 is 5.97 Å². The minimum Gasteiger partial charge on any atom is -0.506 e. The number of halogens is 2. The topological polar surface area (TPSA) is 72.0 Å². The van der Waals surface area contributed by atoms with Gasteiger partial charge < -0.3 is 14.3 Å². The fourth-order valence-corrected chi connectivity index (χ4v) is 3.63. The van der Waals surface area contributed by atoms with Gasteiger partial charge in [0.15, 0.2) is 0 Å². The highest BCUT2D eigenvalue weighted by Gasteiger charge is 2.33. The highest BCUT2D eigenvalue weighted by Crippen LogP contribution is 2.41. The van der Waals surface area contributed by atoms with Crippen LogP contribution in [0.5, 0.6) is 0 Å². The molecule has 1 aromatic carbocycles. The number of esters is 1. The first-order chi connectivity index (χ1) is 12.5. The summed E-state index contributed by atoms with van der Waals surface area (Å²) in [5.41, 5.74) is 0.410. The summed E-state index contributed by atoms with van der Waals surface area (Å²) in [4.78, 5) is 17.1. The first-order valence-electron chi connectivity index (χ1n) is 7.57. The van der Waals surface area contributed by atoms with Gasteiger partial charge in [-0.1, -0.05) is 35.0 Å². The molecule has 0 spiro atoms. The van der Waals surface area contributed by atoms with Gasteiger partial charge in [0.1, 0.15) is 22.1 Å². The second-order valence-electron chi connectivity index (χ2n) is 5.08. The van der Waals surface area contributed by atoms with Crippen molar-refractivity contribution in [3.63, 3.8) is 0 Å². The molecular weight excluding hydrogens is 397 g/mol. The van der Waals surface area contributed by atoms with Crippen molar-refractivity contribution in [2.45, 2.75) is 6.92 Å². The minimum atomic E-state index is -0.663. The van der Waals surface area contributed by atoms with E-state index in [9.17, 15) is 9.90 Å². The summed E-state index contributed by atoms with van der Waals surface area (Å²) < 4.78 is 10.3. The third-order valence-electron chi connectivity index (χ3n) is 3.32. The number of hydrogen-bond donors (Lipinski definition) is 1. The van der Waals surface area contributed by atoms with Gasteiger partial charge in [0.05, 0.1) is 28.5 Å². The van der Waals surface area contributed by atoms with Crippen LogP contribution in [-0.4, -0.2) is 22.7 Å². The summed E-state index contributed by atoms with van der Waals surface area (Å²) in [6.07, 6.45) is 3.13. The quantitative estimate of drug-likeness (QED) is 0.647. The number of aliphatic imine (C=N–C) groups is 1. The van der Waals surface area contributed by atoms with Crippen LogP contribution in [0.2, 0.25) is 10.0 Å². The van der Waals surface area contributed by atoms with Crippen molar-refractivity contribution in [2.24, 2.45) is 4.99 Å². The van der Waals surface area contributed by atoms with E-state index in [1.807, 2.05) is 0 Å². The van der Waals surface area contributed by atoms with Crippen molar-refractivity contribution < 1.29 is 19.1 Å². The van der Waals surface area contributed by atoms with Crippen molar-refractivity contribution in [3.8, 4) is 0 Å². The molecule has 0 radical (unpaired) electrons. The van der Waals surface area contributed by atoms with Crippen LogP contribution in [0, 0.1) is 0 Å². The zero-order valence-corrected chi connectivity index (χ0v) is 15.9. The van der Waals surface area contributed by atoms with Gasteiger partial charge in [-0.2, -0.15) is 0 Å². The molecule has 0 bridgehead atoms. The summed E-state index contributed by atoms with van der Waals surface area (Å²) in [5, 5.41) is 11.6. The normalized spacial score (nSPS) is 17.3. The molecule has 8 heteroatoms. The number of benzene rings is 1. The number of carbonyl (C=O) groups excluding carboxylic acids is 1. The third kappa shape index (κ3) is 3.98. The molecule has 0 fully saturated rings. The van der Waals surface area contributed by atoms with Crippen molar-refractivity contribution in [3.05, 3.63) is 68.6 Å². The van der Waals surface area contributed by atoms with Crippen molar-refractivity contribution in [2.75, 3.05) is 6.61 Å². The van der Waals surface area contributed by atoms with E-state index in [1.54, 1.807) is 43.3 Å². The Morgan fingerprint density at radius 1 is 1.38 bits per heavy atom. The smallest absolute Gasteiger partial charge is 0.344 e. The fourth-order valence-electron chi connectivity index (χ4n) is 2.18. The number of aliphatic hydroxyl groups is 1. The van der Waals surface area contributed by atoms with Gasteiger partial charge in [0, 0.05) is 5.02 Å². The van der Waals surface area contributed by atoms with Gasteiger partial charge in [-0.25, -0.2) is 9.79 Å². The average Bonchev–Trinajstić information content (AvgIpc) is 3.19. The maximum Gasteiger partial charge on any atom is 0.344 e. The summed E-state index contributed by atoms with van der Waals surface area (Å²) in [7, 11) is 0. The standard InChI is InChI=1S/C18H13Cl2NO4S/c1-2-24-18(23)15-16(22)14(9-11-4-3-7-25-11)26-17(15)21-13-6-5-10(19)8-12(13)20/h3-9,22H,2H2,1H3/b14-9-,21-17?. The van der Waals surface area contributed by atoms with Gasteiger partial charge >= 0.3 is 5.97 Å². The Kier molecular flexibility index (Phi) is 5.76. The lowest BCUT2D eigenvalue weighted by atomic mass is 10.2. The lowest BCUT2D eigenvalue weighted by molar-refractivity contribution is -0.138. The number of furan rings is 1. The number of nitrogens with zero attached hydrogens (tertiary/aromatic N) is 1. The molecule has 0 unspecified atom stereocenters. The van der Waals surface area contributed by atoms with Gasteiger partial charge in [-0.3, -0.25) is 0 Å².